The standard InChI is InChI=1S/C28H26N4O5/c1-15-7-5-9-19(17(15)3)25-23(13-11-21(27(25)29)31(33)34)37-24-14-12-22(32(35)36)28(30)26(24)20-10-6-8-16(2)18(20)4/h5-14H,29-30H2,1-4H3. The first-order chi connectivity index (χ1) is 17.5. The van der Waals surface area contributed by atoms with Crippen LogP contribution in [0.3, 0.4) is 0 Å². The van der Waals surface area contributed by atoms with Crippen molar-refractivity contribution < 1.29 is 14.6 Å². The van der Waals surface area contributed by atoms with E-state index in [1.54, 1.807) is 0 Å². The summed E-state index contributed by atoms with van der Waals surface area (Å²) in [6, 6.07) is 16.7. The van der Waals surface area contributed by atoms with Crippen LogP contribution in [-0.2, 0) is 0 Å². The first-order valence-electron chi connectivity index (χ1n) is 11.5. The maximum Gasteiger partial charge on any atom is 0.293 e. The van der Waals surface area contributed by atoms with Gasteiger partial charge in [-0.25, -0.2) is 0 Å². The van der Waals surface area contributed by atoms with E-state index < -0.39 is 9.85 Å². The Balaban J connectivity index is 2.01. The molecule has 0 atom stereocenters. The number of benzene rings is 4. The fourth-order valence-electron chi connectivity index (χ4n) is 4.38. The van der Waals surface area contributed by atoms with Crippen LogP contribution in [0.1, 0.15) is 22.3 Å². The molecule has 4 aromatic carbocycles. The van der Waals surface area contributed by atoms with E-state index in [4.69, 9.17) is 16.2 Å². The van der Waals surface area contributed by atoms with E-state index in [1.165, 1.54) is 24.3 Å². The molecule has 4 N–H and O–H groups in total. The molecular weight excluding hydrogens is 472 g/mol. The Labute approximate surface area is 213 Å². The fraction of sp³-hybridized carbons (Fsp3) is 0.143. The maximum absolute atomic E-state index is 11.7. The third-order valence-electron chi connectivity index (χ3n) is 6.73. The summed E-state index contributed by atoms with van der Waals surface area (Å²) >= 11 is 0. The van der Waals surface area contributed by atoms with Gasteiger partial charge >= 0.3 is 0 Å². The van der Waals surface area contributed by atoms with Crippen molar-refractivity contribution in [2.24, 2.45) is 0 Å². The van der Waals surface area contributed by atoms with Gasteiger partial charge in [-0.1, -0.05) is 36.4 Å². The average molecular weight is 499 g/mol. The molecule has 0 fully saturated rings. The van der Waals surface area contributed by atoms with Crippen LogP contribution in [0.25, 0.3) is 22.3 Å². The molecule has 0 unspecified atom stereocenters. The highest BCUT2D eigenvalue weighted by atomic mass is 16.6. The number of nitrogen functional groups attached to an aromatic ring is 2. The molecule has 0 amide bonds. The number of anilines is 2. The normalized spacial score (nSPS) is 10.8. The lowest BCUT2D eigenvalue weighted by molar-refractivity contribution is -0.384. The zero-order valence-corrected chi connectivity index (χ0v) is 20.9. The van der Waals surface area contributed by atoms with E-state index >= 15 is 0 Å². The van der Waals surface area contributed by atoms with Crippen LogP contribution >= 0.6 is 0 Å². The average Bonchev–Trinajstić information content (AvgIpc) is 2.83. The minimum Gasteiger partial charge on any atom is -0.456 e. The van der Waals surface area contributed by atoms with E-state index in [2.05, 4.69) is 0 Å². The summed E-state index contributed by atoms with van der Waals surface area (Å²) in [6.07, 6.45) is 0. The predicted molar refractivity (Wildman–Crippen MR) is 145 cm³/mol. The third kappa shape index (κ3) is 4.42. The van der Waals surface area contributed by atoms with Gasteiger partial charge in [0.15, 0.2) is 0 Å². The Bertz CT molecular complexity index is 1460. The number of nitro groups is 2. The van der Waals surface area contributed by atoms with Gasteiger partial charge < -0.3 is 16.2 Å². The molecule has 0 aromatic heterocycles. The zero-order valence-electron chi connectivity index (χ0n) is 20.9. The number of nitrogens with zero attached hydrogens (tertiary/aromatic N) is 2. The molecule has 0 spiro atoms. The highest BCUT2D eigenvalue weighted by molar-refractivity contribution is 5.92. The monoisotopic (exact) mass is 498 g/mol. The first kappa shape index (κ1) is 25.2. The molecule has 4 aromatic rings. The van der Waals surface area contributed by atoms with Crippen LogP contribution < -0.4 is 16.2 Å². The van der Waals surface area contributed by atoms with Crippen LogP contribution in [0, 0.1) is 47.9 Å². The molecule has 37 heavy (non-hydrogen) atoms. The van der Waals surface area contributed by atoms with Crippen LogP contribution in [-0.4, -0.2) is 9.85 Å². The Hall–Kier alpha value is -4.92. The minimum absolute atomic E-state index is 0.0423. The predicted octanol–water partition coefficient (Wildman–Crippen LogP) is 7.03. The molecule has 0 heterocycles. The molecule has 0 bridgehead atoms. The van der Waals surface area contributed by atoms with Crippen molar-refractivity contribution in [3.63, 3.8) is 0 Å². The quantitative estimate of drug-likeness (QED) is 0.165. The maximum atomic E-state index is 11.7. The second-order valence-electron chi connectivity index (χ2n) is 8.85. The Kier molecular flexibility index (Phi) is 6.54. The van der Waals surface area contributed by atoms with Crippen LogP contribution in [0.5, 0.6) is 11.5 Å². The summed E-state index contributed by atoms with van der Waals surface area (Å²) < 4.78 is 6.37. The van der Waals surface area contributed by atoms with E-state index in [-0.39, 0.29) is 34.2 Å². The van der Waals surface area contributed by atoms with Crippen molar-refractivity contribution in [2.75, 3.05) is 11.5 Å². The molecule has 0 saturated carbocycles. The third-order valence-corrected chi connectivity index (χ3v) is 6.73. The van der Waals surface area contributed by atoms with Gasteiger partial charge in [0.25, 0.3) is 11.4 Å². The highest BCUT2D eigenvalue weighted by Crippen LogP contribution is 2.48. The smallest absolute Gasteiger partial charge is 0.293 e. The van der Waals surface area contributed by atoms with Crippen molar-refractivity contribution in [3.8, 4) is 33.8 Å². The van der Waals surface area contributed by atoms with Gasteiger partial charge in [-0.15, -0.1) is 0 Å². The first-order valence-corrected chi connectivity index (χ1v) is 11.5. The summed E-state index contributed by atoms with van der Waals surface area (Å²) in [7, 11) is 0. The highest BCUT2D eigenvalue weighted by Gasteiger charge is 2.26. The number of aryl methyl sites for hydroxylation is 2. The summed E-state index contributed by atoms with van der Waals surface area (Å²) in [4.78, 5) is 22.3. The summed E-state index contributed by atoms with van der Waals surface area (Å²) in [6.45, 7) is 7.67. The van der Waals surface area contributed by atoms with Crippen molar-refractivity contribution in [3.05, 3.63) is 103 Å². The van der Waals surface area contributed by atoms with Gasteiger partial charge in [0, 0.05) is 12.1 Å². The van der Waals surface area contributed by atoms with Gasteiger partial charge in [-0.05, 0) is 73.2 Å². The molecular formula is C28H26N4O5. The number of nitro benzene ring substituents is 2. The molecule has 0 aliphatic carbocycles. The molecule has 0 aliphatic rings. The largest absolute Gasteiger partial charge is 0.456 e. The van der Waals surface area contributed by atoms with E-state index in [1.807, 2.05) is 64.1 Å². The Morgan fingerprint density at radius 3 is 1.35 bits per heavy atom. The van der Waals surface area contributed by atoms with Crippen molar-refractivity contribution >= 4 is 22.7 Å². The second-order valence-corrected chi connectivity index (χ2v) is 8.85. The molecule has 188 valence electrons. The SMILES string of the molecule is Cc1cccc(-c2c(Oc3ccc([N+](=O)[O-])c(N)c3-c3cccc(C)c3C)ccc([N+](=O)[O-])c2N)c1C. The summed E-state index contributed by atoms with van der Waals surface area (Å²) in [5.74, 6) is 0.521. The molecule has 0 aliphatic heterocycles. The van der Waals surface area contributed by atoms with E-state index in [0.29, 0.717) is 22.3 Å². The lowest BCUT2D eigenvalue weighted by Gasteiger charge is -2.20. The van der Waals surface area contributed by atoms with E-state index in [9.17, 15) is 20.2 Å². The van der Waals surface area contributed by atoms with E-state index in [0.717, 1.165) is 22.3 Å². The van der Waals surface area contributed by atoms with Crippen molar-refractivity contribution in [1.29, 1.82) is 0 Å². The molecule has 9 heteroatoms. The summed E-state index contributed by atoms with van der Waals surface area (Å²) in [5.41, 5.74) is 17.9. The molecule has 9 nitrogen and oxygen atoms in total. The number of hydrogen-bond donors (Lipinski definition) is 2. The molecule has 0 saturated heterocycles. The molecule has 0 radical (unpaired) electrons. The lowest BCUT2D eigenvalue weighted by atomic mass is 9.93. The van der Waals surface area contributed by atoms with Crippen molar-refractivity contribution in [2.45, 2.75) is 27.7 Å². The van der Waals surface area contributed by atoms with Gasteiger partial charge in [-0.2, -0.15) is 0 Å². The fourth-order valence-corrected chi connectivity index (χ4v) is 4.38. The summed E-state index contributed by atoms with van der Waals surface area (Å²) in [5, 5.41) is 23.4. The van der Waals surface area contributed by atoms with Crippen LogP contribution in [0.4, 0.5) is 22.7 Å². The topological polar surface area (TPSA) is 148 Å². The van der Waals surface area contributed by atoms with Gasteiger partial charge in [0.2, 0.25) is 0 Å². The Morgan fingerprint density at radius 1 is 0.622 bits per heavy atom. The van der Waals surface area contributed by atoms with Gasteiger partial charge in [0.1, 0.15) is 22.9 Å². The number of hydrogen-bond acceptors (Lipinski definition) is 7. The van der Waals surface area contributed by atoms with Gasteiger partial charge in [0.05, 0.1) is 21.0 Å². The number of ether oxygens (including phenoxy) is 1. The molecule has 4 rings (SSSR count). The zero-order chi connectivity index (χ0) is 27.0. The van der Waals surface area contributed by atoms with Crippen molar-refractivity contribution in [1.82, 2.24) is 0 Å². The number of nitrogens with two attached hydrogens (primary N) is 2. The Morgan fingerprint density at radius 2 is 1.00 bits per heavy atom. The second kappa shape index (κ2) is 9.62. The van der Waals surface area contributed by atoms with Gasteiger partial charge in [-0.3, -0.25) is 20.2 Å². The number of rotatable bonds is 6. The van der Waals surface area contributed by atoms with Crippen LogP contribution in [0.2, 0.25) is 0 Å². The minimum atomic E-state index is -0.543. The lowest BCUT2D eigenvalue weighted by Crippen LogP contribution is -2.04. The van der Waals surface area contributed by atoms with Crippen LogP contribution in [0.15, 0.2) is 60.7 Å².